The molecule has 2 aliphatic heterocycles. The van der Waals surface area contributed by atoms with E-state index in [1.807, 2.05) is 18.2 Å². The second-order valence-electron chi connectivity index (χ2n) is 7.52. The Balaban J connectivity index is 1.45. The largest absolute Gasteiger partial charge is 0.490 e. The number of sulfone groups is 1. The van der Waals surface area contributed by atoms with Gasteiger partial charge in [-0.15, -0.1) is 0 Å². The first-order chi connectivity index (χ1) is 14.4. The number of likely N-dealkylation sites (tertiary alicyclic amines) is 1. The summed E-state index contributed by atoms with van der Waals surface area (Å²) in [5.41, 5.74) is 0.991. The summed E-state index contributed by atoms with van der Waals surface area (Å²) in [6, 6.07) is 11.7. The number of hydrogen-bond acceptors (Lipinski definition) is 5. The molecular formula is C22H24ClNO5S. The molecule has 0 saturated carbocycles. The lowest BCUT2D eigenvalue weighted by atomic mass is 10.0. The van der Waals surface area contributed by atoms with E-state index in [0.717, 1.165) is 30.6 Å². The summed E-state index contributed by atoms with van der Waals surface area (Å²) in [5, 5.41) is 0.472. The molecule has 2 aromatic rings. The number of halogens is 1. The Labute approximate surface area is 181 Å². The summed E-state index contributed by atoms with van der Waals surface area (Å²) in [4.78, 5) is 14.9. The van der Waals surface area contributed by atoms with Crippen LogP contribution in [0, 0.1) is 0 Å². The van der Waals surface area contributed by atoms with E-state index in [1.54, 1.807) is 4.90 Å². The second kappa shape index (κ2) is 8.86. The number of rotatable bonds is 5. The fourth-order valence-corrected chi connectivity index (χ4v) is 5.28. The molecule has 160 valence electrons. The zero-order valence-corrected chi connectivity index (χ0v) is 18.1. The first-order valence-corrected chi connectivity index (χ1v) is 12.1. The van der Waals surface area contributed by atoms with Crippen LogP contribution in [0.3, 0.4) is 0 Å². The fourth-order valence-electron chi connectivity index (χ4n) is 3.92. The number of ether oxygens (including phenoxy) is 2. The smallest absolute Gasteiger partial charge is 0.224 e. The molecule has 8 heteroatoms. The third-order valence-electron chi connectivity index (χ3n) is 5.49. The lowest BCUT2D eigenvalue weighted by molar-refractivity contribution is -0.131. The first kappa shape index (κ1) is 21.0. The van der Waals surface area contributed by atoms with Crippen LogP contribution in [0.5, 0.6) is 11.5 Å². The minimum Gasteiger partial charge on any atom is -0.490 e. The van der Waals surface area contributed by atoms with Crippen molar-refractivity contribution in [2.24, 2.45) is 0 Å². The predicted octanol–water partition coefficient (Wildman–Crippen LogP) is 4.03. The van der Waals surface area contributed by atoms with Gasteiger partial charge in [-0.3, -0.25) is 4.79 Å². The van der Waals surface area contributed by atoms with Crippen LogP contribution in [0.15, 0.2) is 47.4 Å². The van der Waals surface area contributed by atoms with Crippen molar-refractivity contribution in [1.29, 1.82) is 0 Å². The van der Waals surface area contributed by atoms with Crippen molar-refractivity contribution < 1.29 is 22.7 Å². The molecule has 0 aliphatic carbocycles. The highest BCUT2D eigenvalue weighted by molar-refractivity contribution is 7.91. The average Bonchev–Trinajstić information content (AvgIpc) is 3.11. The molecule has 2 aliphatic rings. The zero-order valence-electron chi connectivity index (χ0n) is 16.6. The molecule has 2 aromatic carbocycles. The van der Waals surface area contributed by atoms with E-state index in [-0.39, 0.29) is 29.0 Å². The number of benzene rings is 2. The van der Waals surface area contributed by atoms with Crippen molar-refractivity contribution in [2.45, 2.75) is 36.6 Å². The highest BCUT2D eigenvalue weighted by Gasteiger charge is 2.31. The van der Waals surface area contributed by atoms with Gasteiger partial charge >= 0.3 is 0 Å². The van der Waals surface area contributed by atoms with Crippen molar-refractivity contribution in [3.8, 4) is 11.5 Å². The molecule has 1 amide bonds. The molecule has 0 radical (unpaired) electrons. The lowest BCUT2D eigenvalue weighted by Gasteiger charge is -2.26. The van der Waals surface area contributed by atoms with Gasteiger partial charge in [0.05, 0.1) is 29.9 Å². The molecule has 4 rings (SSSR count). The maximum absolute atomic E-state index is 12.9. The Morgan fingerprint density at radius 1 is 1.03 bits per heavy atom. The number of hydrogen-bond donors (Lipinski definition) is 0. The van der Waals surface area contributed by atoms with Crippen LogP contribution in [-0.2, 0) is 14.6 Å². The highest BCUT2D eigenvalue weighted by atomic mass is 35.5. The van der Waals surface area contributed by atoms with E-state index in [4.69, 9.17) is 21.1 Å². The van der Waals surface area contributed by atoms with Crippen molar-refractivity contribution >= 4 is 27.3 Å². The van der Waals surface area contributed by atoms with Crippen LogP contribution in [-0.4, -0.2) is 44.7 Å². The van der Waals surface area contributed by atoms with Gasteiger partial charge in [-0.2, -0.15) is 0 Å². The molecule has 30 heavy (non-hydrogen) atoms. The number of fused-ring (bicyclic) bond motifs is 1. The minimum atomic E-state index is -3.54. The summed E-state index contributed by atoms with van der Waals surface area (Å²) in [5.74, 6) is 1.05. The Morgan fingerprint density at radius 3 is 2.53 bits per heavy atom. The van der Waals surface area contributed by atoms with Crippen molar-refractivity contribution in [3.63, 3.8) is 0 Å². The van der Waals surface area contributed by atoms with Crippen LogP contribution >= 0.6 is 11.6 Å². The Morgan fingerprint density at radius 2 is 1.77 bits per heavy atom. The molecular weight excluding hydrogens is 426 g/mol. The van der Waals surface area contributed by atoms with Gasteiger partial charge in [-0.25, -0.2) is 8.42 Å². The van der Waals surface area contributed by atoms with Crippen molar-refractivity contribution in [1.82, 2.24) is 4.90 Å². The summed E-state index contributed by atoms with van der Waals surface area (Å²) in [7, 11) is -3.54. The monoisotopic (exact) mass is 449 g/mol. The van der Waals surface area contributed by atoms with E-state index < -0.39 is 9.84 Å². The molecule has 0 spiro atoms. The van der Waals surface area contributed by atoms with Gasteiger partial charge in [-0.05, 0) is 54.8 Å². The maximum atomic E-state index is 12.9. The van der Waals surface area contributed by atoms with Crippen molar-refractivity contribution in [2.75, 3.05) is 25.5 Å². The number of carbonyl (C=O) groups excluding carboxylic acids is 1. The van der Waals surface area contributed by atoms with Crippen LogP contribution < -0.4 is 9.47 Å². The highest BCUT2D eigenvalue weighted by Crippen LogP contribution is 2.38. The minimum absolute atomic E-state index is 0.0496. The topological polar surface area (TPSA) is 72.9 Å². The summed E-state index contributed by atoms with van der Waals surface area (Å²) in [6.07, 6.45) is 2.51. The quantitative estimate of drug-likeness (QED) is 0.689. The van der Waals surface area contributed by atoms with Gasteiger partial charge in [0.25, 0.3) is 0 Å². The zero-order chi connectivity index (χ0) is 21.1. The number of carbonyl (C=O) groups is 1. The summed E-state index contributed by atoms with van der Waals surface area (Å²) >= 11 is 5.83. The summed E-state index contributed by atoms with van der Waals surface area (Å²) < 4.78 is 36.6. The molecule has 0 N–H and O–H groups in total. The second-order valence-corrected chi connectivity index (χ2v) is 10.1. The molecule has 0 bridgehead atoms. The number of amides is 1. The molecule has 1 fully saturated rings. The van der Waals surface area contributed by atoms with E-state index in [2.05, 4.69) is 0 Å². The van der Waals surface area contributed by atoms with E-state index in [9.17, 15) is 13.2 Å². The predicted molar refractivity (Wildman–Crippen MR) is 114 cm³/mol. The molecule has 1 atom stereocenters. The van der Waals surface area contributed by atoms with Crippen LogP contribution in [0.25, 0.3) is 0 Å². The fraction of sp³-hybridized carbons (Fsp3) is 0.409. The van der Waals surface area contributed by atoms with E-state index in [1.165, 1.54) is 24.3 Å². The van der Waals surface area contributed by atoms with Crippen LogP contribution in [0.2, 0.25) is 5.02 Å². The standard InChI is InChI=1S/C22H24ClNO5S/c23-17-5-7-18(8-6-17)30(26,27)14-10-22(25)24-11-1-3-19(24)16-4-9-20-21(15-16)29-13-2-12-28-20/h4-9,15,19H,1-3,10-14H2. The third-order valence-corrected chi connectivity index (χ3v) is 7.47. The van der Waals surface area contributed by atoms with Gasteiger partial charge in [0.1, 0.15) is 0 Å². The molecule has 2 heterocycles. The Kier molecular flexibility index (Phi) is 6.20. The van der Waals surface area contributed by atoms with Crippen LogP contribution in [0.1, 0.15) is 37.3 Å². The van der Waals surface area contributed by atoms with Gasteiger partial charge in [0.15, 0.2) is 21.3 Å². The molecule has 1 unspecified atom stereocenters. The Bertz CT molecular complexity index is 1020. The van der Waals surface area contributed by atoms with Crippen LogP contribution in [0.4, 0.5) is 0 Å². The molecule has 0 aromatic heterocycles. The van der Waals surface area contributed by atoms with E-state index >= 15 is 0 Å². The van der Waals surface area contributed by atoms with Crippen molar-refractivity contribution in [3.05, 3.63) is 53.1 Å². The number of nitrogens with zero attached hydrogens (tertiary/aromatic N) is 1. The third kappa shape index (κ3) is 4.57. The van der Waals surface area contributed by atoms with Gasteiger partial charge < -0.3 is 14.4 Å². The van der Waals surface area contributed by atoms with Gasteiger partial charge in [-0.1, -0.05) is 17.7 Å². The van der Waals surface area contributed by atoms with Gasteiger partial charge in [0.2, 0.25) is 5.91 Å². The SMILES string of the molecule is O=C(CCS(=O)(=O)c1ccc(Cl)cc1)N1CCCC1c1ccc2c(c1)OCCCO2. The van der Waals surface area contributed by atoms with Gasteiger partial charge in [0, 0.05) is 24.4 Å². The molecule has 6 nitrogen and oxygen atoms in total. The maximum Gasteiger partial charge on any atom is 0.224 e. The molecule has 1 saturated heterocycles. The van der Waals surface area contributed by atoms with E-state index in [0.29, 0.717) is 30.5 Å². The summed E-state index contributed by atoms with van der Waals surface area (Å²) in [6.45, 7) is 1.85. The lowest BCUT2D eigenvalue weighted by Crippen LogP contribution is -2.31. The average molecular weight is 450 g/mol. The Hall–Kier alpha value is -2.25. The first-order valence-electron chi connectivity index (χ1n) is 10.1. The normalized spacial score (nSPS) is 18.8.